The summed E-state index contributed by atoms with van der Waals surface area (Å²) in [5.74, 6) is -0.308. The molecule has 5 heteroatoms. The summed E-state index contributed by atoms with van der Waals surface area (Å²) in [4.78, 5) is 25.1. The molecule has 0 radical (unpaired) electrons. The number of hydrogen-bond acceptors (Lipinski definition) is 3. The molecule has 1 heterocycles. The van der Waals surface area contributed by atoms with E-state index in [0.717, 1.165) is 17.5 Å². The monoisotopic (exact) mass is 338 g/mol. The predicted octanol–water partition coefficient (Wildman–Crippen LogP) is 3.35. The Labute approximate surface area is 145 Å². The Morgan fingerprint density at radius 3 is 2.75 bits per heavy atom. The molecule has 122 valence electrons. The average molecular weight is 338 g/mol. The molecular weight excluding hydrogens is 320 g/mol. The summed E-state index contributed by atoms with van der Waals surface area (Å²) in [6.45, 7) is 0.662. The van der Waals surface area contributed by atoms with Crippen LogP contribution in [0.25, 0.3) is 6.08 Å². The quantitative estimate of drug-likeness (QED) is 0.664. The second kappa shape index (κ2) is 7.36. The van der Waals surface area contributed by atoms with E-state index in [0.29, 0.717) is 17.8 Å². The van der Waals surface area contributed by atoms with Crippen molar-refractivity contribution >= 4 is 35.3 Å². The first-order valence-electron chi connectivity index (χ1n) is 7.70. The third-order valence-corrected chi connectivity index (χ3v) is 4.59. The molecule has 1 aliphatic rings. The molecule has 1 aliphatic heterocycles. The third kappa shape index (κ3) is 3.86. The van der Waals surface area contributed by atoms with Gasteiger partial charge in [-0.1, -0.05) is 18.2 Å². The molecule has 2 amide bonds. The SMILES string of the molecule is CSc1ccc(/C=C/C(=O)Nc2ccc3c(c2)C(=O)NCC3)cc1. The van der Waals surface area contributed by atoms with Gasteiger partial charge in [-0.05, 0) is 54.1 Å². The standard InChI is InChI=1S/C19H18N2O2S/c1-24-16-7-2-13(3-8-16)4-9-18(22)21-15-6-5-14-10-11-20-19(23)17(14)12-15/h2-9,12H,10-11H2,1H3,(H,20,23)(H,21,22)/b9-4+. The van der Waals surface area contributed by atoms with Crippen LogP contribution >= 0.6 is 11.8 Å². The summed E-state index contributed by atoms with van der Waals surface area (Å²) in [7, 11) is 0. The van der Waals surface area contributed by atoms with Crippen molar-refractivity contribution in [1.29, 1.82) is 0 Å². The second-order valence-corrected chi connectivity index (χ2v) is 6.35. The highest BCUT2D eigenvalue weighted by molar-refractivity contribution is 7.98. The van der Waals surface area contributed by atoms with E-state index in [-0.39, 0.29) is 11.8 Å². The fourth-order valence-corrected chi connectivity index (χ4v) is 2.97. The van der Waals surface area contributed by atoms with Gasteiger partial charge in [0.2, 0.25) is 5.91 Å². The molecule has 2 N–H and O–H groups in total. The van der Waals surface area contributed by atoms with Crippen LogP contribution in [0.2, 0.25) is 0 Å². The highest BCUT2D eigenvalue weighted by atomic mass is 32.2. The minimum Gasteiger partial charge on any atom is -0.352 e. The lowest BCUT2D eigenvalue weighted by Crippen LogP contribution is -2.31. The van der Waals surface area contributed by atoms with E-state index < -0.39 is 0 Å². The molecule has 0 spiro atoms. The van der Waals surface area contributed by atoms with Gasteiger partial charge in [-0.3, -0.25) is 9.59 Å². The molecule has 0 atom stereocenters. The van der Waals surface area contributed by atoms with Crippen molar-refractivity contribution < 1.29 is 9.59 Å². The fraction of sp³-hybridized carbons (Fsp3) is 0.158. The fourth-order valence-electron chi connectivity index (χ4n) is 2.56. The lowest BCUT2D eigenvalue weighted by Gasteiger charge is -2.17. The van der Waals surface area contributed by atoms with E-state index in [9.17, 15) is 9.59 Å². The van der Waals surface area contributed by atoms with E-state index in [2.05, 4.69) is 10.6 Å². The minimum atomic E-state index is -0.222. The maximum atomic E-state index is 12.1. The van der Waals surface area contributed by atoms with Crippen LogP contribution in [0.4, 0.5) is 5.69 Å². The number of anilines is 1. The van der Waals surface area contributed by atoms with Crippen molar-refractivity contribution in [3.05, 3.63) is 65.2 Å². The molecular formula is C19H18N2O2S. The highest BCUT2D eigenvalue weighted by Gasteiger charge is 2.16. The lowest BCUT2D eigenvalue weighted by atomic mass is 10.00. The summed E-state index contributed by atoms with van der Waals surface area (Å²) in [6, 6.07) is 13.4. The van der Waals surface area contributed by atoms with Crippen molar-refractivity contribution in [2.24, 2.45) is 0 Å². The number of nitrogens with one attached hydrogen (secondary N) is 2. The predicted molar refractivity (Wildman–Crippen MR) is 98.4 cm³/mol. The zero-order chi connectivity index (χ0) is 16.9. The number of carbonyl (C=O) groups excluding carboxylic acids is 2. The van der Waals surface area contributed by atoms with Gasteiger partial charge in [-0.2, -0.15) is 0 Å². The third-order valence-electron chi connectivity index (χ3n) is 3.84. The van der Waals surface area contributed by atoms with Crippen LogP contribution in [-0.2, 0) is 11.2 Å². The Balaban J connectivity index is 1.67. The number of amides is 2. The first kappa shape index (κ1) is 16.3. The zero-order valence-electron chi connectivity index (χ0n) is 13.3. The van der Waals surface area contributed by atoms with E-state index >= 15 is 0 Å². The summed E-state index contributed by atoms with van der Waals surface area (Å²) < 4.78 is 0. The van der Waals surface area contributed by atoms with Crippen LogP contribution in [0.3, 0.4) is 0 Å². The molecule has 2 aromatic rings. The van der Waals surface area contributed by atoms with Gasteiger partial charge >= 0.3 is 0 Å². The van der Waals surface area contributed by atoms with Gasteiger partial charge in [0, 0.05) is 28.8 Å². The Bertz CT molecular complexity index is 798. The van der Waals surface area contributed by atoms with Gasteiger partial charge < -0.3 is 10.6 Å². The Morgan fingerprint density at radius 1 is 1.21 bits per heavy atom. The van der Waals surface area contributed by atoms with Crippen LogP contribution in [0.15, 0.2) is 53.4 Å². The smallest absolute Gasteiger partial charge is 0.251 e. The van der Waals surface area contributed by atoms with Gasteiger partial charge in [-0.15, -0.1) is 11.8 Å². The van der Waals surface area contributed by atoms with Crippen molar-refractivity contribution in [2.75, 3.05) is 18.1 Å². The molecule has 0 saturated heterocycles. The zero-order valence-corrected chi connectivity index (χ0v) is 14.2. The number of carbonyl (C=O) groups is 2. The molecule has 0 unspecified atom stereocenters. The summed E-state index contributed by atoms with van der Waals surface area (Å²) in [5.41, 5.74) is 3.24. The lowest BCUT2D eigenvalue weighted by molar-refractivity contribution is -0.111. The van der Waals surface area contributed by atoms with E-state index in [4.69, 9.17) is 0 Å². The normalized spacial score (nSPS) is 13.5. The number of thioether (sulfide) groups is 1. The van der Waals surface area contributed by atoms with E-state index in [1.165, 1.54) is 11.0 Å². The maximum Gasteiger partial charge on any atom is 0.251 e. The van der Waals surface area contributed by atoms with Gasteiger partial charge in [0.15, 0.2) is 0 Å². The highest BCUT2D eigenvalue weighted by Crippen LogP contribution is 2.19. The number of hydrogen-bond donors (Lipinski definition) is 2. The minimum absolute atomic E-state index is 0.0863. The van der Waals surface area contributed by atoms with Crippen LogP contribution in [0, 0.1) is 0 Å². The van der Waals surface area contributed by atoms with Crippen LogP contribution in [0.5, 0.6) is 0 Å². The molecule has 4 nitrogen and oxygen atoms in total. The molecule has 0 saturated carbocycles. The van der Waals surface area contributed by atoms with Gasteiger partial charge in [0.05, 0.1) is 0 Å². The summed E-state index contributed by atoms with van der Waals surface area (Å²) >= 11 is 1.68. The summed E-state index contributed by atoms with van der Waals surface area (Å²) in [5, 5.41) is 5.60. The van der Waals surface area contributed by atoms with Crippen LogP contribution in [-0.4, -0.2) is 24.6 Å². The van der Waals surface area contributed by atoms with E-state index in [1.54, 1.807) is 23.9 Å². The summed E-state index contributed by atoms with van der Waals surface area (Å²) in [6.07, 6.45) is 6.11. The van der Waals surface area contributed by atoms with Crippen molar-refractivity contribution in [1.82, 2.24) is 5.32 Å². The van der Waals surface area contributed by atoms with Crippen molar-refractivity contribution in [2.45, 2.75) is 11.3 Å². The van der Waals surface area contributed by atoms with Crippen LogP contribution < -0.4 is 10.6 Å². The first-order valence-corrected chi connectivity index (χ1v) is 8.92. The Kier molecular flexibility index (Phi) is 5.01. The maximum absolute atomic E-state index is 12.1. The second-order valence-electron chi connectivity index (χ2n) is 5.47. The molecule has 24 heavy (non-hydrogen) atoms. The number of benzene rings is 2. The Hall–Kier alpha value is -2.53. The topological polar surface area (TPSA) is 58.2 Å². The van der Waals surface area contributed by atoms with Crippen molar-refractivity contribution in [3.8, 4) is 0 Å². The number of fused-ring (bicyclic) bond motifs is 1. The number of rotatable bonds is 4. The van der Waals surface area contributed by atoms with Crippen molar-refractivity contribution in [3.63, 3.8) is 0 Å². The molecule has 0 aromatic heterocycles. The first-order chi connectivity index (χ1) is 11.7. The molecule has 2 aromatic carbocycles. The largest absolute Gasteiger partial charge is 0.352 e. The van der Waals surface area contributed by atoms with Crippen LogP contribution in [0.1, 0.15) is 21.5 Å². The molecule has 0 aliphatic carbocycles. The van der Waals surface area contributed by atoms with Gasteiger partial charge in [0.1, 0.15) is 0 Å². The van der Waals surface area contributed by atoms with Gasteiger partial charge in [-0.25, -0.2) is 0 Å². The molecule has 0 bridgehead atoms. The Morgan fingerprint density at radius 2 is 2.00 bits per heavy atom. The molecule has 3 rings (SSSR count). The van der Waals surface area contributed by atoms with E-state index in [1.807, 2.05) is 42.7 Å². The van der Waals surface area contributed by atoms with Gasteiger partial charge in [0.25, 0.3) is 5.91 Å². The average Bonchev–Trinajstić information content (AvgIpc) is 2.61. The molecule has 0 fully saturated rings.